The molecule has 0 radical (unpaired) electrons. The molecule has 180 valence electrons. The molecule has 1 heterocycles. The molecule has 0 fully saturated rings. The third kappa shape index (κ3) is 5.63. The van der Waals surface area contributed by atoms with Gasteiger partial charge in [0.25, 0.3) is 0 Å². The number of dihydropyridines is 1. The highest BCUT2D eigenvalue weighted by molar-refractivity contribution is 8.03. The minimum atomic E-state index is -0.482. The van der Waals surface area contributed by atoms with E-state index in [2.05, 4.69) is 37.5 Å². The summed E-state index contributed by atoms with van der Waals surface area (Å²) in [6, 6.07) is 17.4. The monoisotopic (exact) mass is 505 g/mol. The Morgan fingerprint density at radius 3 is 2.49 bits per heavy atom. The molecular weight excluding hydrogens is 478 g/mol. The van der Waals surface area contributed by atoms with Crippen molar-refractivity contribution in [2.24, 2.45) is 5.41 Å². The molecule has 0 unspecified atom stereocenters. The first-order valence-electron chi connectivity index (χ1n) is 11.7. The average Bonchev–Trinajstić information content (AvgIpc) is 2.82. The Morgan fingerprint density at radius 1 is 1.17 bits per heavy atom. The summed E-state index contributed by atoms with van der Waals surface area (Å²) in [6.45, 7) is 6.23. The van der Waals surface area contributed by atoms with Gasteiger partial charge in [-0.2, -0.15) is 5.26 Å². The first-order valence-corrected chi connectivity index (χ1v) is 13.0. The van der Waals surface area contributed by atoms with Crippen molar-refractivity contribution in [3.8, 4) is 6.07 Å². The normalized spacial score (nSPS) is 19.1. The van der Waals surface area contributed by atoms with E-state index >= 15 is 0 Å². The van der Waals surface area contributed by atoms with Crippen molar-refractivity contribution in [2.45, 2.75) is 46.0 Å². The van der Waals surface area contributed by atoms with Gasteiger partial charge in [0, 0.05) is 28.4 Å². The summed E-state index contributed by atoms with van der Waals surface area (Å²) < 4.78 is 0. The molecule has 0 aromatic heterocycles. The first kappa shape index (κ1) is 25.1. The Hall–Kier alpha value is -3.01. The van der Waals surface area contributed by atoms with Crippen LogP contribution in [0.1, 0.15) is 50.7 Å². The lowest BCUT2D eigenvalue weighted by Gasteiger charge is -2.39. The lowest BCUT2D eigenvalue weighted by atomic mass is 9.69. The van der Waals surface area contributed by atoms with E-state index in [0.717, 1.165) is 23.4 Å². The number of ketones is 1. The highest BCUT2D eigenvalue weighted by atomic mass is 35.5. The molecular formula is C28H28ClN3O2S. The van der Waals surface area contributed by atoms with Crippen LogP contribution >= 0.6 is 23.4 Å². The third-order valence-corrected chi connectivity index (χ3v) is 7.59. The highest BCUT2D eigenvalue weighted by Gasteiger charge is 2.41. The summed E-state index contributed by atoms with van der Waals surface area (Å²) in [4.78, 5) is 25.9. The summed E-state index contributed by atoms with van der Waals surface area (Å²) in [7, 11) is 0. The van der Waals surface area contributed by atoms with Crippen molar-refractivity contribution in [1.29, 1.82) is 5.26 Å². The molecule has 2 aliphatic rings. The van der Waals surface area contributed by atoms with E-state index in [1.807, 2.05) is 36.4 Å². The van der Waals surface area contributed by atoms with Crippen LogP contribution in [0.3, 0.4) is 0 Å². The molecule has 1 aliphatic carbocycles. The quantitative estimate of drug-likeness (QED) is 0.478. The number of Topliss-reactive ketones (excluding diaryl/α,β-unsaturated/α-hetero) is 1. The van der Waals surface area contributed by atoms with Crippen molar-refractivity contribution in [1.82, 2.24) is 5.32 Å². The number of benzene rings is 2. The molecule has 0 bridgehead atoms. The molecule has 4 rings (SSSR count). The standard InChI is InChI=1S/C28H28ClN3O2S/c1-4-17-5-11-20(12-6-17)31-24(34)16-35-27-21(15-30)25(18-7-9-19(29)10-8-18)26-22(32-27)13-28(2,3)14-23(26)33/h5-12,25,32H,4,13-14,16H2,1-3H3,(H,31,34)/t25-/m1/s1. The molecule has 0 spiro atoms. The van der Waals surface area contributed by atoms with Crippen LogP contribution in [-0.4, -0.2) is 17.4 Å². The van der Waals surface area contributed by atoms with Crippen LogP contribution in [0.5, 0.6) is 0 Å². The van der Waals surface area contributed by atoms with Crippen LogP contribution in [-0.2, 0) is 16.0 Å². The molecule has 0 saturated carbocycles. The van der Waals surface area contributed by atoms with Crippen molar-refractivity contribution >= 4 is 40.7 Å². The van der Waals surface area contributed by atoms with Gasteiger partial charge >= 0.3 is 0 Å². The van der Waals surface area contributed by atoms with Crippen molar-refractivity contribution < 1.29 is 9.59 Å². The number of carbonyl (C=O) groups is 2. The SMILES string of the molecule is CCc1ccc(NC(=O)CSC2=C(C#N)[C@@H](c3ccc(Cl)cc3)C3=C(CC(C)(C)CC3=O)N2)cc1. The first-order chi connectivity index (χ1) is 16.7. The Balaban J connectivity index is 1.61. The van der Waals surface area contributed by atoms with E-state index in [1.165, 1.54) is 17.3 Å². The number of rotatable bonds is 6. The Kier molecular flexibility index (Phi) is 7.39. The summed E-state index contributed by atoms with van der Waals surface area (Å²) in [5.41, 5.74) is 4.53. The van der Waals surface area contributed by atoms with Gasteiger partial charge in [-0.05, 0) is 53.6 Å². The predicted octanol–water partition coefficient (Wildman–Crippen LogP) is 6.34. The van der Waals surface area contributed by atoms with Crippen molar-refractivity contribution in [2.75, 3.05) is 11.1 Å². The van der Waals surface area contributed by atoms with Crippen molar-refractivity contribution in [3.05, 3.63) is 86.6 Å². The maximum Gasteiger partial charge on any atom is 0.234 e. The molecule has 7 heteroatoms. The third-order valence-electron chi connectivity index (χ3n) is 6.32. The highest BCUT2D eigenvalue weighted by Crippen LogP contribution is 2.47. The number of aryl methyl sites for hydroxylation is 1. The van der Waals surface area contributed by atoms with Gasteiger partial charge < -0.3 is 10.6 Å². The molecule has 2 N–H and O–H groups in total. The smallest absolute Gasteiger partial charge is 0.234 e. The van der Waals surface area contributed by atoms with Crippen LogP contribution < -0.4 is 10.6 Å². The lowest BCUT2D eigenvalue weighted by Crippen LogP contribution is -2.37. The second kappa shape index (κ2) is 10.3. The van der Waals surface area contributed by atoms with Gasteiger partial charge in [0.1, 0.15) is 0 Å². The van der Waals surface area contributed by atoms with E-state index in [-0.39, 0.29) is 22.9 Å². The summed E-state index contributed by atoms with van der Waals surface area (Å²) in [6.07, 6.45) is 2.06. The molecule has 2 aromatic carbocycles. The molecule has 1 aliphatic heterocycles. The minimum absolute atomic E-state index is 0.0498. The fraction of sp³-hybridized carbons (Fsp3) is 0.321. The van der Waals surface area contributed by atoms with Crippen LogP contribution in [0, 0.1) is 16.7 Å². The zero-order valence-corrected chi connectivity index (χ0v) is 21.6. The van der Waals surface area contributed by atoms with E-state index in [4.69, 9.17) is 11.6 Å². The zero-order valence-electron chi connectivity index (χ0n) is 20.1. The molecule has 2 aromatic rings. The number of halogens is 1. The number of nitrogens with one attached hydrogen (secondary N) is 2. The van der Waals surface area contributed by atoms with Crippen LogP contribution in [0.2, 0.25) is 5.02 Å². The zero-order chi connectivity index (χ0) is 25.2. The number of nitriles is 1. The molecule has 35 heavy (non-hydrogen) atoms. The summed E-state index contributed by atoms with van der Waals surface area (Å²) in [5.74, 6) is -0.456. The maximum atomic E-state index is 13.3. The Labute approximate surface area is 215 Å². The number of thioether (sulfide) groups is 1. The molecule has 1 atom stereocenters. The topological polar surface area (TPSA) is 82.0 Å². The lowest BCUT2D eigenvalue weighted by molar-refractivity contribution is -0.118. The fourth-order valence-corrected chi connectivity index (χ4v) is 5.63. The fourth-order valence-electron chi connectivity index (χ4n) is 4.64. The van der Waals surface area contributed by atoms with E-state index in [1.54, 1.807) is 12.1 Å². The van der Waals surface area contributed by atoms with Crippen LogP contribution in [0.25, 0.3) is 0 Å². The number of amides is 1. The maximum absolute atomic E-state index is 13.3. The van der Waals surface area contributed by atoms with Gasteiger partial charge in [-0.25, -0.2) is 0 Å². The molecule has 0 saturated heterocycles. The van der Waals surface area contributed by atoms with Gasteiger partial charge in [0.2, 0.25) is 5.91 Å². The largest absolute Gasteiger partial charge is 0.352 e. The van der Waals surface area contributed by atoms with E-state index in [9.17, 15) is 14.9 Å². The summed E-state index contributed by atoms with van der Waals surface area (Å²) in [5, 5.41) is 17.6. The van der Waals surface area contributed by atoms with Gasteiger partial charge in [-0.3, -0.25) is 9.59 Å². The van der Waals surface area contributed by atoms with Gasteiger partial charge in [-0.15, -0.1) is 0 Å². The van der Waals surface area contributed by atoms with Gasteiger partial charge in [0.05, 0.1) is 28.3 Å². The molecule has 1 amide bonds. The Morgan fingerprint density at radius 2 is 1.86 bits per heavy atom. The number of anilines is 1. The number of nitrogens with zero attached hydrogens (tertiary/aromatic N) is 1. The predicted molar refractivity (Wildman–Crippen MR) is 142 cm³/mol. The average molecular weight is 506 g/mol. The number of hydrogen-bond acceptors (Lipinski definition) is 5. The van der Waals surface area contributed by atoms with Crippen molar-refractivity contribution in [3.63, 3.8) is 0 Å². The second-order valence-corrected chi connectivity index (χ2v) is 11.1. The van der Waals surface area contributed by atoms with E-state index in [0.29, 0.717) is 34.0 Å². The number of allylic oxidation sites excluding steroid dienone is 3. The Bertz CT molecular complexity index is 1250. The van der Waals surface area contributed by atoms with Crippen LogP contribution in [0.15, 0.2) is 70.4 Å². The van der Waals surface area contributed by atoms with Gasteiger partial charge in [0.15, 0.2) is 5.78 Å². The van der Waals surface area contributed by atoms with Gasteiger partial charge in [-0.1, -0.05) is 68.4 Å². The molecule has 5 nitrogen and oxygen atoms in total. The number of carbonyl (C=O) groups excluding carboxylic acids is 2. The minimum Gasteiger partial charge on any atom is -0.352 e. The van der Waals surface area contributed by atoms with Crippen LogP contribution in [0.4, 0.5) is 5.69 Å². The second-order valence-electron chi connectivity index (χ2n) is 9.68. The number of hydrogen-bond donors (Lipinski definition) is 2. The van der Waals surface area contributed by atoms with E-state index < -0.39 is 5.92 Å². The summed E-state index contributed by atoms with van der Waals surface area (Å²) >= 11 is 7.39.